The molecule has 200 valence electrons. The first-order chi connectivity index (χ1) is 19.0. The second-order valence-electron chi connectivity index (χ2n) is 9.37. The number of rotatable bonds is 6. The molecule has 1 aromatic heterocycles. The van der Waals surface area contributed by atoms with Crippen LogP contribution in [0.1, 0.15) is 16.1 Å². The lowest BCUT2D eigenvalue weighted by Crippen LogP contribution is -2.51. The summed E-state index contributed by atoms with van der Waals surface area (Å²) < 4.78 is 12.7. The molecule has 0 radical (unpaired) electrons. The van der Waals surface area contributed by atoms with Crippen LogP contribution in [0.4, 0.5) is 10.5 Å². The Kier molecular flexibility index (Phi) is 7.54. The zero-order chi connectivity index (χ0) is 27.4. The molecule has 2 heterocycles. The first-order valence-electron chi connectivity index (χ1n) is 12.9. The Morgan fingerprint density at radius 1 is 0.744 bits per heavy atom. The number of amides is 3. The van der Waals surface area contributed by atoms with Gasteiger partial charge < -0.3 is 29.2 Å². The molecular formula is C31H32N4O4. The van der Waals surface area contributed by atoms with E-state index >= 15 is 0 Å². The Morgan fingerprint density at radius 3 is 2.08 bits per heavy atom. The highest BCUT2D eigenvalue weighted by molar-refractivity contribution is 5.98. The fraction of sp³-hybridized carbons (Fsp3) is 0.226. The quantitative estimate of drug-likeness (QED) is 0.364. The van der Waals surface area contributed by atoms with Gasteiger partial charge in [0.25, 0.3) is 5.91 Å². The highest BCUT2D eigenvalue weighted by Crippen LogP contribution is 2.32. The standard InChI is InChI=1S/C31H32N4O4/c1-22-28(21-29(23-8-7-11-27(20-23)39-3)35(22)25-9-5-4-6-10-25)30(36)33-16-18-34(19-17-33)31(37)32-24-12-14-26(38-2)15-13-24/h4-15,20-21H,16-19H2,1-3H3,(H,32,37). The van der Waals surface area contributed by atoms with Crippen molar-refractivity contribution in [3.63, 3.8) is 0 Å². The molecule has 39 heavy (non-hydrogen) atoms. The van der Waals surface area contributed by atoms with Crippen LogP contribution in [0.2, 0.25) is 0 Å². The van der Waals surface area contributed by atoms with Crippen molar-refractivity contribution in [2.24, 2.45) is 0 Å². The smallest absolute Gasteiger partial charge is 0.321 e. The Hall–Kier alpha value is -4.72. The normalized spacial score (nSPS) is 13.2. The number of benzene rings is 3. The van der Waals surface area contributed by atoms with Crippen molar-refractivity contribution >= 4 is 17.6 Å². The molecule has 0 atom stereocenters. The van der Waals surface area contributed by atoms with Gasteiger partial charge in [-0.1, -0.05) is 30.3 Å². The van der Waals surface area contributed by atoms with Gasteiger partial charge in [0.2, 0.25) is 0 Å². The van der Waals surface area contributed by atoms with Gasteiger partial charge in [-0.2, -0.15) is 0 Å². The number of aromatic nitrogens is 1. The largest absolute Gasteiger partial charge is 0.497 e. The number of carbonyl (C=O) groups excluding carboxylic acids is 2. The molecule has 0 aliphatic carbocycles. The lowest BCUT2D eigenvalue weighted by atomic mass is 10.1. The second kappa shape index (κ2) is 11.3. The molecule has 3 aromatic carbocycles. The molecule has 0 bridgehead atoms. The Balaban J connectivity index is 1.34. The summed E-state index contributed by atoms with van der Waals surface area (Å²) in [6.07, 6.45) is 0. The summed E-state index contributed by atoms with van der Waals surface area (Å²) in [5, 5.41) is 2.92. The molecule has 8 nitrogen and oxygen atoms in total. The maximum absolute atomic E-state index is 13.8. The third-order valence-electron chi connectivity index (χ3n) is 7.05. The number of urea groups is 1. The number of hydrogen-bond donors (Lipinski definition) is 1. The van der Waals surface area contributed by atoms with Crippen molar-refractivity contribution < 1.29 is 19.1 Å². The van der Waals surface area contributed by atoms with E-state index in [1.807, 2.05) is 72.5 Å². The maximum Gasteiger partial charge on any atom is 0.321 e. The van der Waals surface area contributed by atoms with Gasteiger partial charge in [0.1, 0.15) is 11.5 Å². The molecule has 1 aliphatic rings. The molecule has 1 fully saturated rings. The van der Waals surface area contributed by atoms with Crippen LogP contribution in [0.3, 0.4) is 0 Å². The van der Waals surface area contributed by atoms with E-state index in [1.165, 1.54) is 0 Å². The fourth-order valence-corrected chi connectivity index (χ4v) is 4.89. The van der Waals surface area contributed by atoms with E-state index < -0.39 is 0 Å². The SMILES string of the molecule is COc1ccc(NC(=O)N2CCN(C(=O)c3cc(-c4cccc(OC)c4)n(-c4ccccc4)c3C)CC2)cc1. The van der Waals surface area contributed by atoms with Gasteiger partial charge in [0, 0.05) is 48.8 Å². The molecule has 8 heteroatoms. The van der Waals surface area contributed by atoms with Crippen molar-refractivity contribution in [1.82, 2.24) is 14.4 Å². The Bertz CT molecular complexity index is 1460. The van der Waals surface area contributed by atoms with E-state index in [0.29, 0.717) is 37.4 Å². The Labute approximate surface area is 228 Å². The Morgan fingerprint density at radius 2 is 1.41 bits per heavy atom. The number of carbonyl (C=O) groups is 2. The summed E-state index contributed by atoms with van der Waals surface area (Å²) in [5.41, 5.74) is 5.06. The number of nitrogens with zero attached hydrogens (tertiary/aromatic N) is 3. The molecule has 1 N–H and O–H groups in total. The van der Waals surface area contributed by atoms with E-state index in [2.05, 4.69) is 9.88 Å². The van der Waals surface area contributed by atoms with Gasteiger partial charge >= 0.3 is 6.03 Å². The number of piperazine rings is 1. The molecular weight excluding hydrogens is 492 g/mol. The van der Waals surface area contributed by atoms with Crippen molar-refractivity contribution in [2.75, 3.05) is 45.7 Å². The molecule has 4 aromatic rings. The van der Waals surface area contributed by atoms with E-state index in [0.717, 1.165) is 34.1 Å². The molecule has 3 amide bonds. The predicted octanol–water partition coefficient (Wildman–Crippen LogP) is 5.46. The summed E-state index contributed by atoms with van der Waals surface area (Å²) >= 11 is 0. The van der Waals surface area contributed by atoms with E-state index in [-0.39, 0.29) is 11.9 Å². The van der Waals surface area contributed by atoms with Gasteiger partial charge in [-0.3, -0.25) is 4.79 Å². The summed E-state index contributed by atoms with van der Waals surface area (Å²) in [6, 6.07) is 26.9. The van der Waals surface area contributed by atoms with Crippen LogP contribution in [-0.4, -0.2) is 66.7 Å². The van der Waals surface area contributed by atoms with Crippen LogP contribution in [0.5, 0.6) is 11.5 Å². The van der Waals surface area contributed by atoms with Gasteiger partial charge in [-0.25, -0.2) is 4.79 Å². The van der Waals surface area contributed by atoms with Crippen molar-refractivity contribution in [2.45, 2.75) is 6.92 Å². The van der Waals surface area contributed by atoms with Crippen LogP contribution in [0.15, 0.2) is 84.9 Å². The van der Waals surface area contributed by atoms with Crippen LogP contribution in [0, 0.1) is 6.92 Å². The minimum atomic E-state index is -0.181. The predicted molar refractivity (Wildman–Crippen MR) is 152 cm³/mol. The zero-order valence-electron chi connectivity index (χ0n) is 22.4. The minimum absolute atomic E-state index is 0.0402. The highest BCUT2D eigenvalue weighted by Gasteiger charge is 2.28. The number of para-hydroxylation sites is 1. The van der Waals surface area contributed by atoms with Gasteiger partial charge in [-0.15, -0.1) is 0 Å². The molecule has 1 aliphatic heterocycles. The molecule has 0 spiro atoms. The topological polar surface area (TPSA) is 76.0 Å². The van der Waals surface area contributed by atoms with Crippen LogP contribution >= 0.6 is 0 Å². The lowest BCUT2D eigenvalue weighted by molar-refractivity contribution is 0.0671. The zero-order valence-corrected chi connectivity index (χ0v) is 22.4. The summed E-state index contributed by atoms with van der Waals surface area (Å²) in [5.74, 6) is 1.44. The monoisotopic (exact) mass is 524 g/mol. The lowest BCUT2D eigenvalue weighted by Gasteiger charge is -2.34. The van der Waals surface area contributed by atoms with Crippen LogP contribution in [-0.2, 0) is 0 Å². The third kappa shape index (κ3) is 5.45. The van der Waals surface area contributed by atoms with Crippen molar-refractivity contribution in [3.05, 3.63) is 96.2 Å². The summed E-state index contributed by atoms with van der Waals surface area (Å²) in [7, 11) is 3.25. The third-order valence-corrected chi connectivity index (χ3v) is 7.05. The van der Waals surface area contributed by atoms with Crippen LogP contribution in [0.25, 0.3) is 16.9 Å². The van der Waals surface area contributed by atoms with Gasteiger partial charge in [0.15, 0.2) is 0 Å². The van der Waals surface area contributed by atoms with Gasteiger partial charge in [-0.05, 0) is 61.5 Å². The van der Waals surface area contributed by atoms with E-state index in [9.17, 15) is 9.59 Å². The van der Waals surface area contributed by atoms with Gasteiger partial charge in [0.05, 0.1) is 25.5 Å². The highest BCUT2D eigenvalue weighted by atomic mass is 16.5. The maximum atomic E-state index is 13.8. The molecule has 1 saturated heterocycles. The average Bonchev–Trinajstić information content (AvgIpc) is 3.34. The first kappa shape index (κ1) is 25.9. The fourth-order valence-electron chi connectivity index (χ4n) is 4.89. The van der Waals surface area contributed by atoms with Crippen molar-refractivity contribution in [1.29, 1.82) is 0 Å². The molecule has 5 rings (SSSR count). The molecule has 0 saturated carbocycles. The van der Waals surface area contributed by atoms with Crippen LogP contribution < -0.4 is 14.8 Å². The average molecular weight is 525 g/mol. The number of methoxy groups -OCH3 is 2. The first-order valence-corrected chi connectivity index (χ1v) is 12.9. The van der Waals surface area contributed by atoms with E-state index in [1.54, 1.807) is 43.4 Å². The minimum Gasteiger partial charge on any atom is -0.497 e. The molecule has 0 unspecified atom stereocenters. The van der Waals surface area contributed by atoms with Crippen molar-refractivity contribution in [3.8, 4) is 28.4 Å². The number of anilines is 1. The number of ether oxygens (including phenoxy) is 2. The second-order valence-corrected chi connectivity index (χ2v) is 9.37. The van der Waals surface area contributed by atoms with E-state index in [4.69, 9.17) is 9.47 Å². The number of hydrogen-bond acceptors (Lipinski definition) is 4. The number of nitrogens with one attached hydrogen (secondary N) is 1. The summed E-state index contributed by atoms with van der Waals surface area (Å²) in [6.45, 7) is 3.80. The summed E-state index contributed by atoms with van der Waals surface area (Å²) in [4.78, 5) is 30.1.